The third kappa shape index (κ3) is 2.24. The van der Waals surface area contributed by atoms with Gasteiger partial charge in [0.1, 0.15) is 6.61 Å². The number of rotatable bonds is 3. The first kappa shape index (κ1) is 13.0. The predicted molar refractivity (Wildman–Crippen MR) is 71.0 cm³/mol. The zero-order valence-electron chi connectivity index (χ0n) is 11.1. The number of benzene rings is 1. The van der Waals surface area contributed by atoms with E-state index in [4.69, 9.17) is 4.74 Å². The van der Waals surface area contributed by atoms with E-state index in [0.29, 0.717) is 6.54 Å². The minimum Gasteiger partial charge on any atom is -0.481 e. The number of piperidine rings is 1. The van der Waals surface area contributed by atoms with Crippen LogP contribution in [0.4, 0.5) is 4.79 Å². The number of nitrogens with zero attached hydrogens (tertiary/aromatic N) is 1. The number of hydrogen-bond donors (Lipinski definition) is 1. The number of likely N-dealkylation sites (tertiary alicyclic amines) is 1. The van der Waals surface area contributed by atoms with E-state index in [1.807, 2.05) is 30.3 Å². The van der Waals surface area contributed by atoms with E-state index in [1.165, 1.54) is 0 Å². The van der Waals surface area contributed by atoms with Crippen LogP contribution in [0, 0.1) is 11.8 Å². The van der Waals surface area contributed by atoms with Gasteiger partial charge in [0.15, 0.2) is 0 Å². The number of ether oxygens (including phenoxy) is 1. The predicted octanol–water partition coefficient (Wildman–Crippen LogP) is 2.12. The molecular formula is C15H17NO4. The maximum Gasteiger partial charge on any atom is 0.410 e. The van der Waals surface area contributed by atoms with E-state index in [-0.39, 0.29) is 18.6 Å². The molecule has 0 unspecified atom stereocenters. The van der Waals surface area contributed by atoms with Crippen molar-refractivity contribution in [2.24, 2.45) is 11.8 Å². The maximum absolute atomic E-state index is 12.1. The van der Waals surface area contributed by atoms with Gasteiger partial charge in [-0.2, -0.15) is 0 Å². The summed E-state index contributed by atoms with van der Waals surface area (Å²) in [5.74, 6) is -1.13. The molecule has 1 amide bonds. The summed E-state index contributed by atoms with van der Waals surface area (Å²) < 4.78 is 5.29. The van der Waals surface area contributed by atoms with Crippen molar-refractivity contribution in [2.45, 2.75) is 25.5 Å². The number of carbonyl (C=O) groups is 2. The zero-order valence-corrected chi connectivity index (χ0v) is 11.1. The lowest BCUT2D eigenvalue weighted by Gasteiger charge is -2.26. The van der Waals surface area contributed by atoms with Crippen molar-refractivity contribution in [2.75, 3.05) is 6.54 Å². The van der Waals surface area contributed by atoms with Crippen LogP contribution in [0.3, 0.4) is 0 Å². The highest BCUT2D eigenvalue weighted by molar-refractivity contribution is 5.76. The van der Waals surface area contributed by atoms with Gasteiger partial charge in [-0.1, -0.05) is 30.3 Å². The lowest BCUT2D eigenvalue weighted by atomic mass is 9.99. The van der Waals surface area contributed by atoms with Gasteiger partial charge in [0, 0.05) is 12.6 Å². The number of aliphatic carboxylic acids is 1. The second kappa shape index (κ2) is 5.15. The molecule has 1 N–H and O–H groups in total. The molecule has 1 aliphatic heterocycles. The first-order valence-corrected chi connectivity index (χ1v) is 6.87. The minimum atomic E-state index is -0.796. The molecule has 20 heavy (non-hydrogen) atoms. The Labute approximate surface area is 117 Å². The summed E-state index contributed by atoms with van der Waals surface area (Å²) in [6.45, 7) is 0.737. The fourth-order valence-electron chi connectivity index (χ4n) is 3.38. The highest BCUT2D eigenvalue weighted by Crippen LogP contribution is 2.43. The Balaban J connectivity index is 1.60. The molecule has 0 spiro atoms. The molecule has 2 bridgehead atoms. The number of carboxylic acid groups (broad SMARTS) is 1. The van der Waals surface area contributed by atoms with Gasteiger partial charge < -0.3 is 14.7 Å². The molecule has 3 atom stereocenters. The highest BCUT2D eigenvalue weighted by atomic mass is 16.6. The molecule has 1 aromatic carbocycles. The number of amides is 1. The molecule has 106 valence electrons. The monoisotopic (exact) mass is 275 g/mol. The summed E-state index contributed by atoms with van der Waals surface area (Å²) in [5, 5.41) is 9.22. The number of carbonyl (C=O) groups excluding carboxylic acids is 1. The molecule has 1 heterocycles. The van der Waals surface area contributed by atoms with Crippen molar-refractivity contribution < 1.29 is 19.4 Å². The summed E-state index contributed by atoms with van der Waals surface area (Å²) in [5.41, 5.74) is 0.931. The van der Waals surface area contributed by atoms with Crippen LogP contribution < -0.4 is 0 Å². The molecule has 5 heteroatoms. The molecule has 5 nitrogen and oxygen atoms in total. The summed E-state index contributed by atoms with van der Waals surface area (Å²) >= 11 is 0. The standard InChI is InChI=1S/C15H17NO4/c17-14(18)13-11-6-7-12(13)16(8-11)15(19)20-9-10-4-2-1-3-5-10/h1-5,11-13H,6-9H2,(H,17,18)/t11-,12-,13-/m1/s1. The number of hydrogen-bond acceptors (Lipinski definition) is 3. The van der Waals surface area contributed by atoms with Crippen molar-refractivity contribution in [3.63, 3.8) is 0 Å². The van der Waals surface area contributed by atoms with E-state index in [9.17, 15) is 14.7 Å². The van der Waals surface area contributed by atoms with E-state index >= 15 is 0 Å². The van der Waals surface area contributed by atoms with Gasteiger partial charge in [-0.05, 0) is 24.3 Å². The molecule has 1 saturated carbocycles. The Kier molecular flexibility index (Phi) is 3.34. The zero-order chi connectivity index (χ0) is 14.1. The smallest absolute Gasteiger partial charge is 0.410 e. The fraction of sp³-hybridized carbons (Fsp3) is 0.467. The molecule has 2 fully saturated rings. The lowest BCUT2D eigenvalue weighted by Crippen LogP contribution is -2.39. The SMILES string of the molecule is O=C(O)[C@@H]1[C@@H]2CC[C@H]1N(C(=O)OCc1ccccc1)C2. The van der Waals surface area contributed by atoms with Crippen LogP contribution in [0.2, 0.25) is 0 Å². The van der Waals surface area contributed by atoms with Crippen LogP contribution in [0.5, 0.6) is 0 Å². The largest absolute Gasteiger partial charge is 0.481 e. The van der Waals surface area contributed by atoms with Crippen molar-refractivity contribution in [1.29, 1.82) is 0 Å². The van der Waals surface area contributed by atoms with E-state index in [1.54, 1.807) is 4.90 Å². The van der Waals surface area contributed by atoms with Gasteiger partial charge in [0.25, 0.3) is 0 Å². The van der Waals surface area contributed by atoms with Gasteiger partial charge in [-0.15, -0.1) is 0 Å². The second-order valence-corrected chi connectivity index (χ2v) is 5.46. The Hall–Kier alpha value is -2.04. The third-order valence-corrected chi connectivity index (χ3v) is 4.31. The minimum absolute atomic E-state index is 0.0850. The third-order valence-electron chi connectivity index (χ3n) is 4.31. The quantitative estimate of drug-likeness (QED) is 0.917. The van der Waals surface area contributed by atoms with Gasteiger partial charge in [0.05, 0.1) is 5.92 Å². The van der Waals surface area contributed by atoms with Gasteiger partial charge >= 0.3 is 12.1 Å². The molecule has 1 saturated heterocycles. The lowest BCUT2D eigenvalue weighted by molar-refractivity contribution is -0.142. The average Bonchev–Trinajstić information content (AvgIpc) is 3.03. The van der Waals surface area contributed by atoms with Crippen LogP contribution in [-0.4, -0.2) is 34.7 Å². The molecule has 1 aliphatic carbocycles. The van der Waals surface area contributed by atoms with Crippen LogP contribution in [-0.2, 0) is 16.1 Å². The molecule has 1 aromatic rings. The molecule has 2 aliphatic rings. The van der Waals surface area contributed by atoms with Crippen LogP contribution in [0.1, 0.15) is 18.4 Å². The number of fused-ring (bicyclic) bond motifs is 2. The Morgan fingerprint density at radius 1 is 1.25 bits per heavy atom. The second-order valence-electron chi connectivity index (χ2n) is 5.46. The Morgan fingerprint density at radius 3 is 2.65 bits per heavy atom. The van der Waals surface area contributed by atoms with Crippen LogP contribution >= 0.6 is 0 Å². The van der Waals surface area contributed by atoms with Crippen molar-refractivity contribution in [3.05, 3.63) is 35.9 Å². The number of carboxylic acids is 1. The summed E-state index contributed by atoms with van der Waals surface area (Å²) in [7, 11) is 0. The molecule has 0 aromatic heterocycles. The van der Waals surface area contributed by atoms with Gasteiger partial charge in [-0.3, -0.25) is 4.79 Å². The Bertz CT molecular complexity index is 516. The fourth-order valence-corrected chi connectivity index (χ4v) is 3.38. The molecule has 0 radical (unpaired) electrons. The maximum atomic E-state index is 12.1. The van der Waals surface area contributed by atoms with Crippen LogP contribution in [0.15, 0.2) is 30.3 Å². The summed E-state index contributed by atoms with van der Waals surface area (Å²) in [4.78, 5) is 24.9. The van der Waals surface area contributed by atoms with Crippen molar-refractivity contribution in [1.82, 2.24) is 4.90 Å². The van der Waals surface area contributed by atoms with Gasteiger partial charge in [0.2, 0.25) is 0 Å². The first-order chi connectivity index (χ1) is 9.66. The van der Waals surface area contributed by atoms with Crippen molar-refractivity contribution >= 4 is 12.1 Å². The van der Waals surface area contributed by atoms with E-state index < -0.39 is 18.0 Å². The summed E-state index contributed by atoms with van der Waals surface area (Å²) in [6, 6.07) is 9.28. The Morgan fingerprint density at radius 2 is 2.00 bits per heavy atom. The highest BCUT2D eigenvalue weighted by Gasteiger charge is 2.52. The van der Waals surface area contributed by atoms with Crippen molar-refractivity contribution in [3.8, 4) is 0 Å². The van der Waals surface area contributed by atoms with E-state index in [0.717, 1.165) is 18.4 Å². The van der Waals surface area contributed by atoms with Crippen LogP contribution in [0.25, 0.3) is 0 Å². The van der Waals surface area contributed by atoms with E-state index in [2.05, 4.69) is 0 Å². The molecular weight excluding hydrogens is 258 g/mol. The summed E-state index contributed by atoms with van der Waals surface area (Å²) in [6.07, 6.45) is 1.26. The average molecular weight is 275 g/mol. The normalized spacial score (nSPS) is 27.6. The van der Waals surface area contributed by atoms with Gasteiger partial charge in [-0.25, -0.2) is 4.79 Å². The molecule has 3 rings (SSSR count). The first-order valence-electron chi connectivity index (χ1n) is 6.87. The topological polar surface area (TPSA) is 66.8 Å².